The quantitative estimate of drug-likeness (QED) is 0.889. The van der Waals surface area contributed by atoms with Crippen LogP contribution < -0.4 is 10.6 Å². The van der Waals surface area contributed by atoms with Crippen LogP contribution in [0, 0.1) is 0 Å². The number of rotatable bonds is 3. The molecule has 1 aromatic heterocycles. The predicted molar refractivity (Wildman–Crippen MR) is 102 cm³/mol. The van der Waals surface area contributed by atoms with E-state index in [0.717, 1.165) is 50.3 Å². The van der Waals surface area contributed by atoms with Crippen molar-refractivity contribution in [2.45, 2.75) is 51.4 Å². The molecule has 1 fully saturated rings. The highest BCUT2D eigenvalue weighted by atomic mass is 16.1. The van der Waals surface area contributed by atoms with E-state index < -0.39 is 0 Å². The molecule has 1 spiro atoms. The molecule has 0 unspecified atom stereocenters. The zero-order valence-electron chi connectivity index (χ0n) is 15.4. The van der Waals surface area contributed by atoms with Crippen LogP contribution in [0.3, 0.4) is 0 Å². The summed E-state index contributed by atoms with van der Waals surface area (Å²) in [5, 5.41) is 11.2. The van der Waals surface area contributed by atoms with Gasteiger partial charge >= 0.3 is 0 Å². The molecule has 2 aliphatic rings. The second-order valence-corrected chi connectivity index (χ2v) is 7.50. The second-order valence-electron chi connectivity index (χ2n) is 7.50. The van der Waals surface area contributed by atoms with Crippen molar-refractivity contribution in [3.63, 3.8) is 0 Å². The fraction of sp³-hybridized carbons (Fsp3) is 0.500. The molecule has 1 aromatic carbocycles. The lowest BCUT2D eigenvalue weighted by molar-refractivity contribution is -0.122. The average molecular weight is 353 g/mol. The summed E-state index contributed by atoms with van der Waals surface area (Å²) in [6.45, 7) is 6.51. The summed E-state index contributed by atoms with van der Waals surface area (Å²) in [6.07, 6.45) is 6.57. The molecule has 2 N–H and O–H groups in total. The van der Waals surface area contributed by atoms with Gasteiger partial charge in [0.2, 0.25) is 5.91 Å². The highest BCUT2D eigenvalue weighted by Gasteiger charge is 2.37. The fourth-order valence-electron chi connectivity index (χ4n) is 4.05. The standard InChI is InChI=1S/C20H27N5O/c1-2-25-15-16(12-22-25)14-24-9-7-20(8-10-24)11-19(26)21-13-17-5-3-4-6-18(17)23-20/h3-6,12,15,23H,2,7-11,13-14H2,1H3,(H,21,26). The Morgan fingerprint density at radius 1 is 1.23 bits per heavy atom. The van der Waals surface area contributed by atoms with Crippen molar-refractivity contribution in [1.29, 1.82) is 0 Å². The fourth-order valence-corrected chi connectivity index (χ4v) is 4.05. The zero-order valence-corrected chi connectivity index (χ0v) is 15.4. The Bertz CT molecular complexity index is 776. The smallest absolute Gasteiger partial charge is 0.222 e. The van der Waals surface area contributed by atoms with E-state index in [9.17, 15) is 4.79 Å². The topological polar surface area (TPSA) is 62.2 Å². The third-order valence-corrected chi connectivity index (χ3v) is 5.62. The van der Waals surface area contributed by atoms with Crippen LogP contribution in [-0.2, 0) is 24.4 Å². The summed E-state index contributed by atoms with van der Waals surface area (Å²) in [5.41, 5.74) is 3.43. The number of nitrogens with one attached hydrogen (secondary N) is 2. The molecule has 138 valence electrons. The number of benzene rings is 1. The van der Waals surface area contributed by atoms with Gasteiger partial charge in [-0.1, -0.05) is 18.2 Å². The number of hydrogen-bond acceptors (Lipinski definition) is 4. The first-order valence-corrected chi connectivity index (χ1v) is 9.52. The van der Waals surface area contributed by atoms with Gasteiger partial charge in [-0.3, -0.25) is 14.4 Å². The molecule has 0 aliphatic carbocycles. The molecule has 1 amide bonds. The van der Waals surface area contributed by atoms with Gasteiger partial charge in [-0.15, -0.1) is 0 Å². The van der Waals surface area contributed by atoms with Crippen molar-refractivity contribution >= 4 is 11.6 Å². The normalized spacial score (nSPS) is 20.0. The van der Waals surface area contributed by atoms with Crippen LogP contribution in [0.1, 0.15) is 37.3 Å². The van der Waals surface area contributed by atoms with E-state index in [-0.39, 0.29) is 11.4 Å². The van der Waals surface area contributed by atoms with Crippen LogP contribution in [0.4, 0.5) is 5.69 Å². The molecule has 2 aliphatic heterocycles. The Kier molecular flexibility index (Phi) is 4.68. The third-order valence-electron chi connectivity index (χ3n) is 5.62. The third kappa shape index (κ3) is 3.60. The Labute approximate surface area is 154 Å². The van der Waals surface area contributed by atoms with Crippen LogP contribution >= 0.6 is 0 Å². The molecule has 6 nitrogen and oxygen atoms in total. The number of carbonyl (C=O) groups excluding carboxylic acids is 1. The van der Waals surface area contributed by atoms with E-state index >= 15 is 0 Å². The Morgan fingerprint density at radius 3 is 2.81 bits per heavy atom. The van der Waals surface area contributed by atoms with Gasteiger partial charge in [-0.25, -0.2) is 0 Å². The van der Waals surface area contributed by atoms with E-state index in [2.05, 4.69) is 52.0 Å². The SMILES string of the molecule is CCn1cc(CN2CCC3(CC2)CC(=O)NCc2ccccc2N3)cn1. The summed E-state index contributed by atoms with van der Waals surface area (Å²) in [5.74, 6) is 0.143. The van der Waals surface area contributed by atoms with Gasteiger partial charge < -0.3 is 10.6 Å². The molecule has 0 bridgehead atoms. The van der Waals surface area contributed by atoms with Gasteiger partial charge in [-0.05, 0) is 31.4 Å². The van der Waals surface area contributed by atoms with Crippen molar-refractivity contribution in [2.24, 2.45) is 0 Å². The number of nitrogens with zero attached hydrogens (tertiary/aromatic N) is 3. The second kappa shape index (κ2) is 7.11. The summed E-state index contributed by atoms with van der Waals surface area (Å²) in [6, 6.07) is 8.30. The Hall–Kier alpha value is -2.34. The molecule has 0 saturated carbocycles. The van der Waals surface area contributed by atoms with E-state index in [4.69, 9.17) is 0 Å². The molecule has 6 heteroatoms. The molecular weight excluding hydrogens is 326 g/mol. The van der Waals surface area contributed by atoms with Crippen LogP contribution in [0.15, 0.2) is 36.7 Å². The monoisotopic (exact) mass is 353 g/mol. The number of aryl methyl sites for hydroxylation is 1. The van der Waals surface area contributed by atoms with Crippen molar-refractivity contribution in [3.8, 4) is 0 Å². The number of para-hydroxylation sites is 1. The molecule has 0 atom stereocenters. The first-order valence-electron chi connectivity index (χ1n) is 9.52. The molecule has 3 heterocycles. The molecule has 0 radical (unpaired) electrons. The average Bonchev–Trinajstić information content (AvgIpc) is 3.09. The van der Waals surface area contributed by atoms with Crippen molar-refractivity contribution < 1.29 is 4.79 Å². The maximum Gasteiger partial charge on any atom is 0.222 e. The number of piperidine rings is 1. The number of hydrogen-bond donors (Lipinski definition) is 2. The van der Waals surface area contributed by atoms with Gasteiger partial charge in [0.05, 0.1) is 6.20 Å². The molecular formula is C20H27N5O. The van der Waals surface area contributed by atoms with Crippen LogP contribution in [-0.4, -0.2) is 39.2 Å². The number of carbonyl (C=O) groups is 1. The van der Waals surface area contributed by atoms with E-state index in [0.29, 0.717) is 13.0 Å². The van der Waals surface area contributed by atoms with Crippen LogP contribution in [0.2, 0.25) is 0 Å². The number of aromatic nitrogens is 2. The highest BCUT2D eigenvalue weighted by Crippen LogP contribution is 2.33. The Morgan fingerprint density at radius 2 is 2.04 bits per heavy atom. The minimum atomic E-state index is -0.148. The number of anilines is 1. The predicted octanol–water partition coefficient (Wildman–Crippen LogP) is 2.37. The van der Waals surface area contributed by atoms with Gasteiger partial charge in [-0.2, -0.15) is 5.10 Å². The maximum atomic E-state index is 12.4. The van der Waals surface area contributed by atoms with Gasteiger partial charge in [0, 0.05) is 62.1 Å². The molecule has 26 heavy (non-hydrogen) atoms. The lowest BCUT2D eigenvalue weighted by atomic mass is 9.82. The van der Waals surface area contributed by atoms with Crippen molar-refractivity contribution in [3.05, 3.63) is 47.8 Å². The van der Waals surface area contributed by atoms with Crippen molar-refractivity contribution in [1.82, 2.24) is 20.0 Å². The van der Waals surface area contributed by atoms with Crippen LogP contribution in [0.5, 0.6) is 0 Å². The first-order chi connectivity index (χ1) is 12.7. The summed E-state index contributed by atoms with van der Waals surface area (Å²) in [7, 11) is 0. The molecule has 4 rings (SSSR count). The van der Waals surface area contributed by atoms with Crippen molar-refractivity contribution in [2.75, 3.05) is 18.4 Å². The van der Waals surface area contributed by atoms with Gasteiger partial charge in [0.1, 0.15) is 0 Å². The van der Waals surface area contributed by atoms with Crippen LogP contribution in [0.25, 0.3) is 0 Å². The molecule has 2 aromatic rings. The minimum absolute atomic E-state index is 0.143. The molecule has 1 saturated heterocycles. The Balaban J connectivity index is 1.45. The summed E-state index contributed by atoms with van der Waals surface area (Å²) in [4.78, 5) is 14.8. The summed E-state index contributed by atoms with van der Waals surface area (Å²) < 4.78 is 1.97. The lowest BCUT2D eigenvalue weighted by Crippen LogP contribution is -2.52. The van der Waals surface area contributed by atoms with E-state index in [1.54, 1.807) is 0 Å². The zero-order chi connectivity index (χ0) is 18.0. The number of likely N-dealkylation sites (tertiary alicyclic amines) is 1. The first kappa shape index (κ1) is 17.1. The number of fused-ring (bicyclic) bond motifs is 1. The van der Waals surface area contributed by atoms with E-state index in [1.807, 2.05) is 16.9 Å². The lowest BCUT2D eigenvalue weighted by Gasteiger charge is -2.44. The minimum Gasteiger partial charge on any atom is -0.379 e. The van der Waals surface area contributed by atoms with Gasteiger partial charge in [0.15, 0.2) is 0 Å². The highest BCUT2D eigenvalue weighted by molar-refractivity contribution is 5.79. The van der Waals surface area contributed by atoms with Gasteiger partial charge in [0.25, 0.3) is 0 Å². The number of amides is 1. The largest absolute Gasteiger partial charge is 0.379 e. The summed E-state index contributed by atoms with van der Waals surface area (Å²) >= 11 is 0. The van der Waals surface area contributed by atoms with E-state index in [1.165, 1.54) is 5.56 Å². The maximum absolute atomic E-state index is 12.4.